The van der Waals surface area contributed by atoms with Crippen molar-refractivity contribution >= 4 is 0 Å². The number of nitrogens with one attached hydrogen (secondary N) is 1. The third-order valence-corrected chi connectivity index (χ3v) is 4.99. The smallest absolute Gasteiger partial charge is 0.0572 e. The minimum Gasteiger partial charge on any atom is -0.378 e. The zero-order valence-electron chi connectivity index (χ0n) is 17.5. The van der Waals surface area contributed by atoms with Gasteiger partial charge in [-0.25, -0.2) is 0 Å². The Morgan fingerprint density at radius 3 is 1.84 bits per heavy atom. The fourth-order valence-electron chi connectivity index (χ4n) is 3.24. The van der Waals surface area contributed by atoms with Crippen LogP contribution in [0, 0.1) is 0 Å². The van der Waals surface area contributed by atoms with Crippen molar-refractivity contribution in [1.82, 2.24) is 5.32 Å². The van der Waals surface area contributed by atoms with Gasteiger partial charge in [-0.3, -0.25) is 0 Å². The van der Waals surface area contributed by atoms with Crippen LogP contribution in [0.4, 0.5) is 0 Å². The van der Waals surface area contributed by atoms with Crippen LogP contribution in [0.3, 0.4) is 0 Å². The SMILES string of the molecule is CCCCCCCCCCCCCC(CC)OCCCNCCCN. The molecule has 0 saturated heterocycles. The highest BCUT2D eigenvalue weighted by Gasteiger charge is 2.05. The minimum atomic E-state index is 0.475. The second-order valence-corrected chi connectivity index (χ2v) is 7.47. The minimum absolute atomic E-state index is 0.475. The Bertz CT molecular complexity index is 236. The van der Waals surface area contributed by atoms with E-state index in [1.807, 2.05) is 0 Å². The highest BCUT2D eigenvalue weighted by atomic mass is 16.5. The Hall–Kier alpha value is -0.120. The summed E-state index contributed by atoms with van der Waals surface area (Å²) in [6.45, 7) is 8.30. The number of rotatable bonds is 21. The first-order valence-corrected chi connectivity index (χ1v) is 11.4. The van der Waals surface area contributed by atoms with Gasteiger partial charge in [-0.1, -0.05) is 84.5 Å². The molecule has 0 aromatic carbocycles. The van der Waals surface area contributed by atoms with E-state index >= 15 is 0 Å². The first-order valence-electron chi connectivity index (χ1n) is 11.4. The van der Waals surface area contributed by atoms with Gasteiger partial charge in [0.2, 0.25) is 0 Å². The molecule has 0 aliphatic rings. The van der Waals surface area contributed by atoms with Crippen molar-refractivity contribution in [3.63, 3.8) is 0 Å². The normalized spacial score (nSPS) is 12.6. The number of nitrogens with two attached hydrogens (primary N) is 1. The molecule has 0 saturated carbocycles. The third kappa shape index (κ3) is 20.0. The Labute approximate surface area is 158 Å². The molecule has 152 valence electrons. The lowest BCUT2D eigenvalue weighted by molar-refractivity contribution is 0.0418. The summed E-state index contributed by atoms with van der Waals surface area (Å²) < 4.78 is 6.02. The van der Waals surface area contributed by atoms with E-state index in [1.165, 1.54) is 77.0 Å². The maximum absolute atomic E-state index is 6.02. The zero-order valence-corrected chi connectivity index (χ0v) is 17.5. The number of ether oxygens (including phenoxy) is 1. The molecular formula is C22H48N2O. The monoisotopic (exact) mass is 356 g/mol. The van der Waals surface area contributed by atoms with Crippen molar-refractivity contribution in [1.29, 1.82) is 0 Å². The summed E-state index contributed by atoms with van der Waals surface area (Å²) >= 11 is 0. The summed E-state index contributed by atoms with van der Waals surface area (Å²) in [5.74, 6) is 0. The van der Waals surface area contributed by atoms with Gasteiger partial charge in [0.05, 0.1) is 6.10 Å². The van der Waals surface area contributed by atoms with Crippen LogP contribution in [0.1, 0.15) is 110 Å². The van der Waals surface area contributed by atoms with Gasteiger partial charge in [0.1, 0.15) is 0 Å². The molecule has 3 nitrogen and oxygen atoms in total. The quantitative estimate of drug-likeness (QED) is 0.255. The maximum atomic E-state index is 6.02. The predicted molar refractivity (Wildman–Crippen MR) is 112 cm³/mol. The molecular weight excluding hydrogens is 308 g/mol. The Balaban J connectivity index is 3.26. The van der Waals surface area contributed by atoms with Gasteiger partial charge in [0.15, 0.2) is 0 Å². The molecule has 25 heavy (non-hydrogen) atoms. The van der Waals surface area contributed by atoms with Crippen molar-refractivity contribution in [3.8, 4) is 0 Å². The first kappa shape index (κ1) is 24.9. The Kier molecular flexibility index (Phi) is 21.8. The maximum Gasteiger partial charge on any atom is 0.0572 e. The van der Waals surface area contributed by atoms with Crippen LogP contribution in [-0.4, -0.2) is 32.3 Å². The van der Waals surface area contributed by atoms with E-state index in [-0.39, 0.29) is 0 Å². The second kappa shape index (κ2) is 21.9. The molecule has 3 N–H and O–H groups in total. The summed E-state index contributed by atoms with van der Waals surface area (Å²) in [6, 6.07) is 0. The average molecular weight is 357 g/mol. The van der Waals surface area contributed by atoms with Crippen molar-refractivity contribution in [2.75, 3.05) is 26.2 Å². The van der Waals surface area contributed by atoms with Crippen molar-refractivity contribution in [2.24, 2.45) is 5.73 Å². The largest absolute Gasteiger partial charge is 0.378 e. The van der Waals surface area contributed by atoms with E-state index in [2.05, 4.69) is 19.2 Å². The molecule has 0 aliphatic heterocycles. The summed E-state index contributed by atoms with van der Waals surface area (Å²) in [4.78, 5) is 0. The lowest BCUT2D eigenvalue weighted by Crippen LogP contribution is -2.21. The summed E-state index contributed by atoms with van der Waals surface area (Å²) in [7, 11) is 0. The molecule has 0 heterocycles. The van der Waals surface area contributed by atoms with Gasteiger partial charge < -0.3 is 15.8 Å². The molecule has 0 rings (SSSR count). The summed E-state index contributed by atoms with van der Waals surface area (Å²) in [5.41, 5.74) is 5.48. The van der Waals surface area contributed by atoms with Crippen LogP contribution in [-0.2, 0) is 4.74 Å². The van der Waals surface area contributed by atoms with Gasteiger partial charge >= 0.3 is 0 Å². The number of hydrogen-bond donors (Lipinski definition) is 2. The fourth-order valence-corrected chi connectivity index (χ4v) is 3.24. The molecule has 1 atom stereocenters. The molecule has 3 heteroatoms. The molecule has 1 unspecified atom stereocenters. The van der Waals surface area contributed by atoms with Gasteiger partial charge in [-0.2, -0.15) is 0 Å². The Morgan fingerprint density at radius 1 is 0.720 bits per heavy atom. The zero-order chi connectivity index (χ0) is 18.4. The molecule has 0 aromatic rings. The summed E-state index contributed by atoms with van der Waals surface area (Å²) in [5, 5.41) is 3.41. The highest BCUT2D eigenvalue weighted by molar-refractivity contribution is 4.58. The van der Waals surface area contributed by atoms with Crippen molar-refractivity contribution in [3.05, 3.63) is 0 Å². The molecule has 0 amide bonds. The van der Waals surface area contributed by atoms with E-state index in [1.54, 1.807) is 0 Å². The lowest BCUT2D eigenvalue weighted by Gasteiger charge is -2.16. The van der Waals surface area contributed by atoms with E-state index in [0.29, 0.717) is 6.10 Å². The lowest BCUT2D eigenvalue weighted by atomic mass is 10.0. The van der Waals surface area contributed by atoms with Crippen LogP contribution in [0.2, 0.25) is 0 Å². The van der Waals surface area contributed by atoms with E-state index in [9.17, 15) is 0 Å². The topological polar surface area (TPSA) is 47.3 Å². The van der Waals surface area contributed by atoms with Crippen LogP contribution < -0.4 is 11.1 Å². The summed E-state index contributed by atoms with van der Waals surface area (Å²) in [6.07, 6.45) is 20.6. The van der Waals surface area contributed by atoms with Gasteiger partial charge in [0.25, 0.3) is 0 Å². The molecule has 0 bridgehead atoms. The fraction of sp³-hybridized carbons (Fsp3) is 1.00. The van der Waals surface area contributed by atoms with E-state index < -0.39 is 0 Å². The first-order chi connectivity index (χ1) is 12.3. The predicted octanol–water partition coefficient (Wildman–Crippen LogP) is 5.81. The molecule has 0 aromatic heterocycles. The van der Waals surface area contributed by atoms with E-state index in [0.717, 1.165) is 45.5 Å². The van der Waals surface area contributed by atoms with Crippen molar-refractivity contribution in [2.45, 2.75) is 116 Å². The van der Waals surface area contributed by atoms with Crippen LogP contribution in [0.5, 0.6) is 0 Å². The highest BCUT2D eigenvalue weighted by Crippen LogP contribution is 2.14. The van der Waals surface area contributed by atoms with Gasteiger partial charge in [-0.15, -0.1) is 0 Å². The van der Waals surface area contributed by atoms with Crippen LogP contribution >= 0.6 is 0 Å². The van der Waals surface area contributed by atoms with Crippen LogP contribution in [0.25, 0.3) is 0 Å². The van der Waals surface area contributed by atoms with Gasteiger partial charge in [-0.05, 0) is 45.3 Å². The average Bonchev–Trinajstić information content (AvgIpc) is 2.63. The van der Waals surface area contributed by atoms with E-state index in [4.69, 9.17) is 10.5 Å². The number of unbranched alkanes of at least 4 members (excludes halogenated alkanes) is 10. The molecule has 0 spiro atoms. The number of hydrogen-bond acceptors (Lipinski definition) is 3. The standard InChI is InChI=1S/C22H48N2O/c1-3-5-6-7-8-9-10-11-12-13-14-17-22(4-2)25-21-16-20-24-19-15-18-23/h22,24H,3-21,23H2,1-2H3. The van der Waals surface area contributed by atoms with Crippen molar-refractivity contribution < 1.29 is 4.74 Å². The molecule has 0 fully saturated rings. The molecule has 0 aliphatic carbocycles. The Morgan fingerprint density at radius 2 is 1.28 bits per heavy atom. The third-order valence-electron chi connectivity index (χ3n) is 4.99. The van der Waals surface area contributed by atoms with Crippen LogP contribution in [0.15, 0.2) is 0 Å². The van der Waals surface area contributed by atoms with Gasteiger partial charge in [0, 0.05) is 6.61 Å². The second-order valence-electron chi connectivity index (χ2n) is 7.47. The molecule has 0 radical (unpaired) electrons.